The number of hydrogen-bond acceptors (Lipinski definition) is 3. The highest BCUT2D eigenvalue weighted by Crippen LogP contribution is 2.18. The molecule has 1 atom stereocenters. The first kappa shape index (κ1) is 14.5. The van der Waals surface area contributed by atoms with Crippen molar-refractivity contribution in [2.75, 3.05) is 6.61 Å². The van der Waals surface area contributed by atoms with E-state index in [-0.39, 0.29) is 5.84 Å². The lowest BCUT2D eigenvalue weighted by Crippen LogP contribution is -2.17. The van der Waals surface area contributed by atoms with Crippen molar-refractivity contribution >= 4 is 5.84 Å². The molecule has 1 aromatic rings. The zero-order valence-corrected chi connectivity index (χ0v) is 11.3. The molecule has 0 saturated heterocycles. The van der Waals surface area contributed by atoms with Crippen molar-refractivity contribution in [3.8, 4) is 5.75 Å². The van der Waals surface area contributed by atoms with Gasteiger partial charge in [-0.2, -0.15) is 0 Å². The van der Waals surface area contributed by atoms with Gasteiger partial charge in [-0.1, -0.05) is 33.1 Å². The fourth-order valence-electron chi connectivity index (χ4n) is 1.82. The number of unbranched alkanes of at least 4 members (excludes halogenated alkanes) is 1. The van der Waals surface area contributed by atoms with Gasteiger partial charge in [-0.3, -0.25) is 5.41 Å². The minimum Gasteiger partial charge on any atom is -0.491 e. The van der Waals surface area contributed by atoms with Crippen LogP contribution in [0.3, 0.4) is 0 Å². The van der Waals surface area contributed by atoms with Crippen LogP contribution in [0.4, 0.5) is 0 Å². The maximum absolute atomic E-state index is 7.45. The largest absolute Gasteiger partial charge is 0.491 e. The Kier molecular flexibility index (Phi) is 6.19. The van der Waals surface area contributed by atoms with Crippen LogP contribution in [-0.4, -0.2) is 17.4 Å². The minimum atomic E-state index is -0.0489. The van der Waals surface area contributed by atoms with Gasteiger partial charge in [0.1, 0.15) is 17.3 Å². The van der Waals surface area contributed by atoms with E-state index in [9.17, 15) is 0 Å². The first-order chi connectivity index (χ1) is 8.69. The van der Waals surface area contributed by atoms with Crippen molar-refractivity contribution in [1.29, 1.82) is 5.41 Å². The van der Waals surface area contributed by atoms with Gasteiger partial charge < -0.3 is 10.5 Å². The molecule has 0 aliphatic heterocycles. The van der Waals surface area contributed by atoms with E-state index in [4.69, 9.17) is 15.9 Å². The first-order valence-electron chi connectivity index (χ1n) is 6.61. The predicted molar refractivity (Wildman–Crippen MR) is 74.1 cm³/mol. The third kappa shape index (κ3) is 4.35. The van der Waals surface area contributed by atoms with Gasteiger partial charge in [-0.25, -0.2) is 4.98 Å². The number of nitrogens with one attached hydrogen (secondary N) is 1. The second-order valence-corrected chi connectivity index (χ2v) is 4.49. The maximum atomic E-state index is 7.45. The Balaban J connectivity index is 2.59. The van der Waals surface area contributed by atoms with Gasteiger partial charge in [0.15, 0.2) is 0 Å². The monoisotopic (exact) mass is 249 g/mol. The Morgan fingerprint density at radius 3 is 2.89 bits per heavy atom. The Hall–Kier alpha value is -1.58. The maximum Gasteiger partial charge on any atom is 0.148 e. The topological polar surface area (TPSA) is 72.0 Å². The van der Waals surface area contributed by atoms with Gasteiger partial charge in [0.05, 0.1) is 6.61 Å². The summed E-state index contributed by atoms with van der Waals surface area (Å²) < 4.78 is 5.77. The van der Waals surface area contributed by atoms with Crippen LogP contribution in [-0.2, 0) is 0 Å². The summed E-state index contributed by atoms with van der Waals surface area (Å²) in [7, 11) is 0. The lowest BCUT2D eigenvalue weighted by molar-refractivity contribution is 0.232. The molecule has 0 aliphatic rings. The summed E-state index contributed by atoms with van der Waals surface area (Å²) in [4.78, 5) is 4.07. The average molecular weight is 249 g/mol. The van der Waals surface area contributed by atoms with Gasteiger partial charge in [0, 0.05) is 6.20 Å². The molecule has 1 heterocycles. The quantitative estimate of drug-likeness (QED) is 0.549. The van der Waals surface area contributed by atoms with E-state index in [0.29, 0.717) is 24.0 Å². The third-order valence-electron chi connectivity index (χ3n) is 3.04. The van der Waals surface area contributed by atoms with E-state index >= 15 is 0 Å². The molecule has 18 heavy (non-hydrogen) atoms. The number of nitrogens with zero attached hydrogens (tertiary/aromatic N) is 1. The average Bonchev–Trinajstić information content (AvgIpc) is 2.39. The molecular formula is C14H23N3O. The van der Waals surface area contributed by atoms with Crippen LogP contribution < -0.4 is 10.5 Å². The number of amidine groups is 1. The molecule has 0 radical (unpaired) electrons. The molecule has 100 valence electrons. The zero-order chi connectivity index (χ0) is 13.4. The first-order valence-corrected chi connectivity index (χ1v) is 6.61. The third-order valence-corrected chi connectivity index (χ3v) is 3.04. The van der Waals surface area contributed by atoms with Gasteiger partial charge in [0.2, 0.25) is 0 Å². The lowest BCUT2D eigenvalue weighted by Gasteiger charge is -2.16. The summed E-state index contributed by atoms with van der Waals surface area (Å²) in [6.45, 7) is 5.05. The molecule has 0 saturated carbocycles. The molecule has 0 bridgehead atoms. The number of nitrogens with two attached hydrogens (primary N) is 1. The fourth-order valence-corrected chi connectivity index (χ4v) is 1.82. The molecule has 0 amide bonds. The van der Waals surface area contributed by atoms with Gasteiger partial charge in [-0.15, -0.1) is 0 Å². The lowest BCUT2D eigenvalue weighted by atomic mass is 10.0. The van der Waals surface area contributed by atoms with E-state index in [0.717, 1.165) is 6.42 Å². The molecular weight excluding hydrogens is 226 g/mol. The highest BCUT2D eigenvalue weighted by atomic mass is 16.5. The molecule has 0 aromatic carbocycles. The number of hydrogen-bond donors (Lipinski definition) is 2. The summed E-state index contributed by atoms with van der Waals surface area (Å²) in [5.41, 5.74) is 5.91. The van der Waals surface area contributed by atoms with E-state index in [1.807, 2.05) is 6.07 Å². The molecule has 4 heteroatoms. The Labute approximate surface area is 109 Å². The summed E-state index contributed by atoms with van der Waals surface area (Å²) >= 11 is 0. The smallest absolute Gasteiger partial charge is 0.148 e. The van der Waals surface area contributed by atoms with Gasteiger partial charge >= 0.3 is 0 Å². The second kappa shape index (κ2) is 7.69. The summed E-state index contributed by atoms with van der Waals surface area (Å²) in [6.07, 6.45) is 6.35. The molecule has 0 fully saturated rings. The van der Waals surface area contributed by atoms with E-state index in [1.165, 1.54) is 19.3 Å². The number of nitrogen functional groups attached to an aromatic ring is 1. The molecule has 4 nitrogen and oxygen atoms in total. The Bertz CT molecular complexity index is 379. The molecule has 1 unspecified atom stereocenters. The molecule has 0 spiro atoms. The number of aromatic nitrogens is 1. The molecule has 1 rings (SSSR count). The van der Waals surface area contributed by atoms with Gasteiger partial charge in [-0.05, 0) is 24.5 Å². The van der Waals surface area contributed by atoms with Crippen molar-refractivity contribution in [3.05, 3.63) is 24.0 Å². The fraction of sp³-hybridized carbons (Fsp3) is 0.571. The van der Waals surface area contributed by atoms with Crippen LogP contribution in [0.2, 0.25) is 0 Å². The van der Waals surface area contributed by atoms with Gasteiger partial charge in [0.25, 0.3) is 0 Å². The van der Waals surface area contributed by atoms with Crippen molar-refractivity contribution in [2.45, 2.75) is 39.5 Å². The minimum absolute atomic E-state index is 0.0489. The SMILES string of the molecule is CCCCC(CC)COc1cccnc1C(=N)N. The van der Waals surface area contributed by atoms with Crippen LogP contribution >= 0.6 is 0 Å². The summed E-state index contributed by atoms with van der Waals surface area (Å²) in [5.74, 6) is 1.12. The van der Waals surface area contributed by atoms with Crippen LogP contribution in [0.1, 0.15) is 45.2 Å². The Morgan fingerprint density at radius 1 is 1.50 bits per heavy atom. The molecule has 0 aliphatic carbocycles. The van der Waals surface area contributed by atoms with E-state index < -0.39 is 0 Å². The van der Waals surface area contributed by atoms with Crippen molar-refractivity contribution in [1.82, 2.24) is 4.98 Å². The highest BCUT2D eigenvalue weighted by molar-refractivity contribution is 5.95. The molecule has 1 aromatic heterocycles. The zero-order valence-electron chi connectivity index (χ0n) is 11.3. The van der Waals surface area contributed by atoms with Crippen LogP contribution in [0, 0.1) is 11.3 Å². The summed E-state index contributed by atoms with van der Waals surface area (Å²) in [6, 6.07) is 3.62. The number of ether oxygens (including phenoxy) is 1. The van der Waals surface area contributed by atoms with Crippen LogP contribution in [0.5, 0.6) is 5.75 Å². The number of pyridine rings is 1. The van der Waals surface area contributed by atoms with Crippen LogP contribution in [0.25, 0.3) is 0 Å². The number of rotatable bonds is 8. The standard InChI is InChI=1S/C14H23N3O/c1-3-5-7-11(4-2)10-18-12-8-6-9-17-13(12)14(15)16/h6,8-9,11H,3-5,7,10H2,1-2H3,(H3,15,16). The van der Waals surface area contributed by atoms with Crippen LogP contribution in [0.15, 0.2) is 18.3 Å². The normalized spacial score (nSPS) is 12.1. The predicted octanol–water partition coefficient (Wildman–Crippen LogP) is 2.96. The van der Waals surface area contributed by atoms with E-state index in [2.05, 4.69) is 18.8 Å². The molecule has 3 N–H and O–H groups in total. The highest BCUT2D eigenvalue weighted by Gasteiger charge is 2.11. The van der Waals surface area contributed by atoms with Crippen molar-refractivity contribution in [3.63, 3.8) is 0 Å². The summed E-state index contributed by atoms with van der Waals surface area (Å²) in [5, 5.41) is 7.45. The van der Waals surface area contributed by atoms with Crippen molar-refractivity contribution < 1.29 is 4.74 Å². The van der Waals surface area contributed by atoms with E-state index in [1.54, 1.807) is 12.3 Å². The second-order valence-electron chi connectivity index (χ2n) is 4.49. The Morgan fingerprint density at radius 2 is 2.28 bits per heavy atom. The van der Waals surface area contributed by atoms with Crippen molar-refractivity contribution in [2.24, 2.45) is 11.7 Å².